The summed E-state index contributed by atoms with van der Waals surface area (Å²) in [7, 11) is 0. The van der Waals surface area contributed by atoms with Gasteiger partial charge in [-0.3, -0.25) is 4.79 Å². The maximum absolute atomic E-state index is 12.0. The molecule has 0 amide bonds. The van der Waals surface area contributed by atoms with Crippen LogP contribution in [0.5, 0.6) is 0 Å². The van der Waals surface area contributed by atoms with Crippen molar-refractivity contribution in [1.82, 2.24) is 9.55 Å². The molecule has 0 saturated carbocycles. The van der Waals surface area contributed by atoms with Crippen LogP contribution < -0.4 is 0 Å². The Labute approximate surface area is 177 Å². The molecule has 4 nitrogen and oxygen atoms in total. The topological polar surface area (TPSA) is 55.1 Å². The number of nitrogens with zero attached hydrogens (tertiary/aromatic N) is 2. The highest BCUT2D eigenvalue weighted by Crippen LogP contribution is 2.22. The minimum Gasteiger partial charge on any atom is -0.481 e. The number of imidazole rings is 1. The molecule has 1 unspecified atom stereocenters. The van der Waals surface area contributed by atoms with E-state index in [0.717, 1.165) is 41.9 Å². The molecule has 0 radical (unpaired) electrons. The number of aliphatic carboxylic acids is 1. The summed E-state index contributed by atoms with van der Waals surface area (Å²) in [6.07, 6.45) is 5.77. The Morgan fingerprint density at radius 1 is 1.10 bits per heavy atom. The van der Waals surface area contributed by atoms with E-state index in [1.165, 1.54) is 0 Å². The lowest BCUT2D eigenvalue weighted by Crippen LogP contribution is -2.21. The van der Waals surface area contributed by atoms with Crippen molar-refractivity contribution < 1.29 is 9.90 Å². The predicted octanol–water partition coefficient (Wildman–Crippen LogP) is 5.41. The fourth-order valence-corrected chi connectivity index (χ4v) is 3.73. The number of rotatable bonds is 10. The monoisotopic (exact) mass is 410 g/mol. The number of carboxylic acids is 1. The molecule has 1 atom stereocenters. The van der Waals surface area contributed by atoms with Crippen LogP contribution in [0.4, 0.5) is 0 Å². The number of aryl methyl sites for hydroxylation is 1. The van der Waals surface area contributed by atoms with E-state index in [1.54, 1.807) is 0 Å². The molecule has 2 aromatic carbocycles. The number of aromatic nitrogens is 2. The normalized spacial score (nSPS) is 12.1. The van der Waals surface area contributed by atoms with Crippen molar-refractivity contribution in [2.45, 2.75) is 45.6 Å². The largest absolute Gasteiger partial charge is 0.481 e. The molecule has 1 aromatic heterocycles. The van der Waals surface area contributed by atoms with Crippen LogP contribution in [0.3, 0.4) is 0 Å². The molecule has 3 rings (SSSR count). The first kappa shape index (κ1) is 21.1. The first-order valence-corrected chi connectivity index (χ1v) is 10.5. The highest BCUT2D eigenvalue weighted by atomic mass is 35.5. The van der Waals surface area contributed by atoms with Gasteiger partial charge in [0.1, 0.15) is 5.82 Å². The Morgan fingerprint density at radius 3 is 2.52 bits per heavy atom. The molecule has 152 valence electrons. The maximum atomic E-state index is 12.0. The molecule has 3 aromatic rings. The van der Waals surface area contributed by atoms with Gasteiger partial charge in [-0.2, -0.15) is 0 Å². The molecule has 29 heavy (non-hydrogen) atoms. The van der Waals surface area contributed by atoms with Gasteiger partial charge in [-0.25, -0.2) is 4.98 Å². The SMILES string of the molecule is CCCCc1ncc(CC(Cc2ccccc2)C(=O)O)n1Cc1ccccc1Cl. The Hall–Kier alpha value is -2.59. The van der Waals surface area contributed by atoms with E-state index in [4.69, 9.17) is 11.6 Å². The smallest absolute Gasteiger partial charge is 0.307 e. The molecule has 0 spiro atoms. The van der Waals surface area contributed by atoms with Gasteiger partial charge in [0.2, 0.25) is 0 Å². The van der Waals surface area contributed by atoms with Gasteiger partial charge in [-0.1, -0.05) is 73.5 Å². The quantitative estimate of drug-likeness (QED) is 0.486. The average Bonchev–Trinajstić information content (AvgIpc) is 3.09. The zero-order valence-corrected chi connectivity index (χ0v) is 17.5. The van der Waals surface area contributed by atoms with Crippen LogP contribution in [-0.2, 0) is 30.6 Å². The number of carbonyl (C=O) groups is 1. The summed E-state index contributed by atoms with van der Waals surface area (Å²) in [5.74, 6) is -0.293. The van der Waals surface area contributed by atoms with Gasteiger partial charge in [-0.05, 0) is 30.0 Å². The van der Waals surface area contributed by atoms with Gasteiger partial charge in [0, 0.05) is 29.8 Å². The molecule has 0 aliphatic carbocycles. The lowest BCUT2D eigenvalue weighted by molar-refractivity contribution is -0.141. The number of carboxylic acid groups (broad SMARTS) is 1. The van der Waals surface area contributed by atoms with Crippen LogP contribution in [0.15, 0.2) is 60.8 Å². The maximum Gasteiger partial charge on any atom is 0.307 e. The minimum absolute atomic E-state index is 0.438. The third-order valence-electron chi connectivity index (χ3n) is 5.19. The van der Waals surface area contributed by atoms with Gasteiger partial charge in [0.15, 0.2) is 0 Å². The van der Waals surface area contributed by atoms with Crippen LogP contribution in [0.1, 0.15) is 42.4 Å². The van der Waals surface area contributed by atoms with Crippen LogP contribution >= 0.6 is 11.6 Å². The van der Waals surface area contributed by atoms with E-state index in [9.17, 15) is 9.90 Å². The van der Waals surface area contributed by atoms with Crippen molar-refractivity contribution in [3.8, 4) is 0 Å². The summed E-state index contributed by atoms with van der Waals surface area (Å²) in [6.45, 7) is 2.76. The van der Waals surface area contributed by atoms with Crippen molar-refractivity contribution in [2.24, 2.45) is 5.92 Å². The summed E-state index contributed by atoms with van der Waals surface area (Å²) in [5.41, 5.74) is 2.99. The zero-order valence-electron chi connectivity index (χ0n) is 16.7. The van der Waals surface area contributed by atoms with E-state index < -0.39 is 11.9 Å². The molecule has 0 aliphatic rings. The minimum atomic E-state index is -0.783. The van der Waals surface area contributed by atoms with Crippen LogP contribution in [0, 0.1) is 5.92 Å². The first-order chi connectivity index (χ1) is 14.1. The second kappa shape index (κ2) is 10.3. The summed E-state index contributed by atoms with van der Waals surface area (Å²) >= 11 is 6.39. The Morgan fingerprint density at radius 2 is 1.83 bits per heavy atom. The fourth-order valence-electron chi connectivity index (χ4n) is 3.54. The molecule has 0 saturated heterocycles. The van der Waals surface area contributed by atoms with Gasteiger partial charge < -0.3 is 9.67 Å². The second-order valence-corrected chi connectivity index (χ2v) is 7.78. The summed E-state index contributed by atoms with van der Waals surface area (Å²) in [6, 6.07) is 17.6. The summed E-state index contributed by atoms with van der Waals surface area (Å²) in [5, 5.41) is 10.5. The number of halogens is 1. The number of benzene rings is 2. The second-order valence-electron chi connectivity index (χ2n) is 7.38. The lowest BCUT2D eigenvalue weighted by atomic mass is 9.95. The molecular formula is C24H27ClN2O2. The van der Waals surface area contributed by atoms with Crippen molar-refractivity contribution in [1.29, 1.82) is 0 Å². The number of unbranched alkanes of at least 4 members (excludes halogenated alkanes) is 1. The third-order valence-corrected chi connectivity index (χ3v) is 5.56. The Bertz CT molecular complexity index is 937. The number of hydrogen-bond donors (Lipinski definition) is 1. The molecule has 0 fully saturated rings. The van der Waals surface area contributed by atoms with E-state index in [2.05, 4.69) is 16.5 Å². The predicted molar refractivity (Wildman–Crippen MR) is 116 cm³/mol. The van der Waals surface area contributed by atoms with Gasteiger partial charge in [-0.15, -0.1) is 0 Å². The molecule has 0 aliphatic heterocycles. The van der Waals surface area contributed by atoms with Crippen molar-refractivity contribution in [2.75, 3.05) is 0 Å². The standard InChI is InChI=1S/C24H27ClN2O2/c1-2-3-13-23-26-16-21(27(23)17-19-11-7-8-12-22(19)25)15-20(24(28)29)14-18-9-5-4-6-10-18/h4-12,16,20H,2-3,13-15,17H2,1H3,(H,28,29). The lowest BCUT2D eigenvalue weighted by Gasteiger charge is -2.17. The Kier molecular flexibility index (Phi) is 7.48. The van der Waals surface area contributed by atoms with Crippen molar-refractivity contribution in [3.63, 3.8) is 0 Å². The highest BCUT2D eigenvalue weighted by Gasteiger charge is 2.22. The fraction of sp³-hybridized carbons (Fsp3) is 0.333. The van der Waals surface area contributed by atoms with Gasteiger partial charge >= 0.3 is 5.97 Å². The third kappa shape index (κ3) is 5.70. The summed E-state index contributed by atoms with van der Waals surface area (Å²) < 4.78 is 2.15. The van der Waals surface area contributed by atoms with Gasteiger partial charge in [0.05, 0.1) is 12.5 Å². The number of hydrogen-bond acceptors (Lipinski definition) is 2. The van der Waals surface area contributed by atoms with E-state index in [-0.39, 0.29) is 0 Å². The van der Waals surface area contributed by atoms with Crippen LogP contribution in [0.25, 0.3) is 0 Å². The summed E-state index contributed by atoms with van der Waals surface area (Å²) in [4.78, 5) is 16.6. The van der Waals surface area contributed by atoms with Crippen LogP contribution in [-0.4, -0.2) is 20.6 Å². The van der Waals surface area contributed by atoms with Crippen LogP contribution in [0.2, 0.25) is 5.02 Å². The van der Waals surface area contributed by atoms with Crippen molar-refractivity contribution in [3.05, 3.63) is 88.5 Å². The zero-order chi connectivity index (χ0) is 20.6. The van der Waals surface area contributed by atoms with E-state index >= 15 is 0 Å². The van der Waals surface area contributed by atoms with E-state index in [0.29, 0.717) is 24.4 Å². The molecule has 1 N–H and O–H groups in total. The Balaban J connectivity index is 1.87. The average molecular weight is 411 g/mol. The molecule has 0 bridgehead atoms. The molecular weight excluding hydrogens is 384 g/mol. The van der Waals surface area contributed by atoms with Crippen molar-refractivity contribution >= 4 is 17.6 Å². The van der Waals surface area contributed by atoms with Gasteiger partial charge in [0.25, 0.3) is 0 Å². The first-order valence-electron chi connectivity index (χ1n) is 10.1. The molecule has 5 heteroatoms. The molecule has 1 heterocycles. The van der Waals surface area contributed by atoms with E-state index in [1.807, 2.05) is 60.8 Å². The highest BCUT2D eigenvalue weighted by molar-refractivity contribution is 6.31.